The number of aromatic nitrogens is 4. The summed E-state index contributed by atoms with van der Waals surface area (Å²) in [5, 5.41) is 2.73. The van der Waals surface area contributed by atoms with Crippen LogP contribution in [0.4, 0.5) is 24.8 Å². The van der Waals surface area contributed by atoms with Gasteiger partial charge in [0.25, 0.3) is 9.84 Å². The maximum absolute atomic E-state index is 12.8. The lowest BCUT2D eigenvalue weighted by atomic mass is 10.1. The minimum absolute atomic E-state index is 0.103. The number of halogens is 3. The summed E-state index contributed by atoms with van der Waals surface area (Å²) in [5.41, 5.74) is -2.33. The Morgan fingerprint density at radius 1 is 1.00 bits per heavy atom. The van der Waals surface area contributed by atoms with Crippen LogP contribution in [0.5, 0.6) is 0 Å². The lowest BCUT2D eigenvalue weighted by Crippen LogP contribution is -2.23. The van der Waals surface area contributed by atoms with E-state index in [9.17, 15) is 21.6 Å². The Bertz CT molecular complexity index is 1300. The highest BCUT2D eigenvalue weighted by Crippen LogP contribution is 2.31. The van der Waals surface area contributed by atoms with Crippen LogP contribution in [0.3, 0.4) is 0 Å². The van der Waals surface area contributed by atoms with Crippen molar-refractivity contribution in [3.8, 4) is 11.3 Å². The minimum Gasteiger partial charge on any atom is -0.345 e. The highest BCUT2D eigenvalue weighted by Gasteiger charge is 2.46. The summed E-state index contributed by atoms with van der Waals surface area (Å²) in [6.45, 7) is 0. The van der Waals surface area contributed by atoms with Gasteiger partial charge in [-0.05, 0) is 36.4 Å². The third-order valence-corrected chi connectivity index (χ3v) is 5.56. The van der Waals surface area contributed by atoms with Crippen LogP contribution in [0.25, 0.3) is 22.3 Å². The number of imidazole rings is 1. The number of sulfone groups is 1. The van der Waals surface area contributed by atoms with Gasteiger partial charge >= 0.3 is 5.51 Å². The fourth-order valence-electron chi connectivity index (χ4n) is 2.67. The Hall–Kier alpha value is -3.47. The van der Waals surface area contributed by atoms with Crippen molar-refractivity contribution in [2.24, 2.45) is 0 Å². The molecule has 2 heterocycles. The first kappa shape index (κ1) is 18.9. The van der Waals surface area contributed by atoms with Crippen molar-refractivity contribution < 1.29 is 21.6 Å². The van der Waals surface area contributed by atoms with E-state index in [1.54, 1.807) is 12.4 Å². The molecule has 0 spiro atoms. The van der Waals surface area contributed by atoms with Gasteiger partial charge in [-0.2, -0.15) is 13.2 Å². The van der Waals surface area contributed by atoms with E-state index in [2.05, 4.69) is 25.3 Å². The Morgan fingerprint density at radius 3 is 2.62 bits per heavy atom. The number of anilines is 2. The van der Waals surface area contributed by atoms with Gasteiger partial charge in [0.15, 0.2) is 0 Å². The fraction of sp³-hybridized carbons (Fsp3) is 0.0556. The van der Waals surface area contributed by atoms with Crippen molar-refractivity contribution in [3.05, 3.63) is 61.1 Å². The molecule has 2 aromatic heterocycles. The molecule has 148 valence electrons. The molecular formula is C18H12F3N5O2S. The van der Waals surface area contributed by atoms with E-state index >= 15 is 0 Å². The standard InChI is InChI=1S/C18H12F3N5O2S/c19-18(20,21)29(27,28)13-3-1-2-12(9-13)25-17-22-7-6-14(26-17)11-4-5-15-16(8-11)24-10-23-15/h1-10H,(H,23,24)(H,22,25,26). The molecule has 7 nitrogen and oxygen atoms in total. The number of alkyl halides is 3. The smallest absolute Gasteiger partial charge is 0.345 e. The molecule has 0 radical (unpaired) electrons. The fourth-order valence-corrected chi connectivity index (χ4v) is 3.48. The molecule has 11 heteroatoms. The quantitative estimate of drug-likeness (QED) is 0.518. The average Bonchev–Trinajstić information content (AvgIpc) is 3.15. The number of aromatic amines is 1. The second kappa shape index (κ2) is 6.85. The number of hydrogen-bond acceptors (Lipinski definition) is 6. The number of fused-ring (bicyclic) bond motifs is 1. The third kappa shape index (κ3) is 3.63. The predicted octanol–water partition coefficient (Wildman–Crippen LogP) is 4.06. The van der Waals surface area contributed by atoms with Crippen LogP contribution in [0.2, 0.25) is 0 Å². The molecule has 0 aliphatic carbocycles. The second-order valence-electron chi connectivity index (χ2n) is 6.00. The molecule has 4 rings (SSSR count). The van der Waals surface area contributed by atoms with E-state index in [4.69, 9.17) is 0 Å². The molecule has 0 amide bonds. The van der Waals surface area contributed by atoms with Crippen LogP contribution >= 0.6 is 0 Å². The normalized spacial score (nSPS) is 12.2. The van der Waals surface area contributed by atoms with Crippen molar-refractivity contribution in [2.75, 3.05) is 5.32 Å². The molecule has 0 saturated heterocycles. The maximum Gasteiger partial charge on any atom is 0.501 e. The lowest BCUT2D eigenvalue weighted by Gasteiger charge is -2.10. The highest BCUT2D eigenvalue weighted by atomic mass is 32.2. The van der Waals surface area contributed by atoms with Gasteiger partial charge in [-0.1, -0.05) is 12.1 Å². The first-order valence-corrected chi connectivity index (χ1v) is 9.67. The molecule has 29 heavy (non-hydrogen) atoms. The van der Waals surface area contributed by atoms with Crippen molar-refractivity contribution in [1.29, 1.82) is 0 Å². The monoisotopic (exact) mass is 419 g/mol. The number of nitrogens with zero attached hydrogens (tertiary/aromatic N) is 3. The van der Waals surface area contributed by atoms with E-state index in [0.717, 1.165) is 28.7 Å². The molecular weight excluding hydrogens is 407 g/mol. The number of nitrogens with one attached hydrogen (secondary N) is 2. The molecule has 0 aliphatic heterocycles. The zero-order chi connectivity index (χ0) is 20.6. The Kier molecular flexibility index (Phi) is 4.46. The van der Waals surface area contributed by atoms with Crippen LogP contribution in [0, 0.1) is 0 Å². The molecule has 0 bridgehead atoms. The van der Waals surface area contributed by atoms with Gasteiger partial charge in [-0.25, -0.2) is 23.4 Å². The Morgan fingerprint density at radius 2 is 1.83 bits per heavy atom. The first-order chi connectivity index (χ1) is 13.7. The maximum atomic E-state index is 12.8. The molecule has 0 fully saturated rings. The summed E-state index contributed by atoms with van der Waals surface area (Å²) >= 11 is 0. The van der Waals surface area contributed by atoms with E-state index < -0.39 is 20.2 Å². The van der Waals surface area contributed by atoms with Gasteiger partial charge in [-0.3, -0.25) is 0 Å². The first-order valence-electron chi connectivity index (χ1n) is 8.19. The Balaban J connectivity index is 1.64. The molecule has 0 atom stereocenters. The van der Waals surface area contributed by atoms with Crippen molar-refractivity contribution >= 4 is 32.5 Å². The zero-order valence-electron chi connectivity index (χ0n) is 14.5. The SMILES string of the molecule is O=S(=O)(c1cccc(Nc2nccc(-c3ccc4[nH]cnc4c3)n2)c1)C(F)(F)F. The van der Waals surface area contributed by atoms with Gasteiger partial charge in [0, 0.05) is 17.4 Å². The summed E-state index contributed by atoms with van der Waals surface area (Å²) in [5.74, 6) is 0.103. The molecule has 0 unspecified atom stereocenters. The molecule has 2 aromatic carbocycles. The van der Waals surface area contributed by atoms with Gasteiger partial charge < -0.3 is 10.3 Å². The van der Waals surface area contributed by atoms with E-state index in [0.29, 0.717) is 5.69 Å². The summed E-state index contributed by atoms with van der Waals surface area (Å²) in [4.78, 5) is 14.7. The largest absolute Gasteiger partial charge is 0.501 e. The van der Waals surface area contributed by atoms with Crippen LogP contribution < -0.4 is 5.32 Å². The van der Waals surface area contributed by atoms with Gasteiger partial charge in [0.1, 0.15) is 0 Å². The van der Waals surface area contributed by atoms with Gasteiger partial charge in [0.05, 0.1) is 28.0 Å². The van der Waals surface area contributed by atoms with Crippen LogP contribution in [0.15, 0.2) is 66.0 Å². The summed E-state index contributed by atoms with van der Waals surface area (Å²) in [6, 6.07) is 11.6. The van der Waals surface area contributed by atoms with Crippen LogP contribution in [0.1, 0.15) is 0 Å². The number of H-pyrrole nitrogens is 1. The molecule has 4 aromatic rings. The van der Waals surface area contributed by atoms with Crippen molar-refractivity contribution in [1.82, 2.24) is 19.9 Å². The van der Waals surface area contributed by atoms with E-state index in [1.165, 1.54) is 18.3 Å². The van der Waals surface area contributed by atoms with Gasteiger partial charge in [0.2, 0.25) is 5.95 Å². The zero-order valence-corrected chi connectivity index (χ0v) is 15.3. The number of hydrogen-bond donors (Lipinski definition) is 2. The Labute approximate surface area is 162 Å². The summed E-state index contributed by atoms with van der Waals surface area (Å²) in [7, 11) is -5.45. The molecule has 0 aliphatic rings. The lowest BCUT2D eigenvalue weighted by molar-refractivity contribution is -0.0435. The summed E-state index contributed by atoms with van der Waals surface area (Å²) < 4.78 is 61.5. The second-order valence-corrected chi connectivity index (χ2v) is 7.94. The van der Waals surface area contributed by atoms with E-state index in [-0.39, 0.29) is 11.6 Å². The highest BCUT2D eigenvalue weighted by molar-refractivity contribution is 7.92. The van der Waals surface area contributed by atoms with Crippen molar-refractivity contribution in [3.63, 3.8) is 0 Å². The molecule has 2 N–H and O–H groups in total. The number of benzene rings is 2. The third-order valence-electron chi connectivity index (χ3n) is 4.08. The van der Waals surface area contributed by atoms with Crippen LogP contribution in [-0.2, 0) is 9.84 Å². The van der Waals surface area contributed by atoms with E-state index in [1.807, 2.05) is 18.2 Å². The topological polar surface area (TPSA) is 101 Å². The average molecular weight is 419 g/mol. The summed E-state index contributed by atoms with van der Waals surface area (Å²) in [6.07, 6.45) is 3.05. The van der Waals surface area contributed by atoms with Crippen LogP contribution in [-0.4, -0.2) is 33.9 Å². The number of rotatable bonds is 4. The minimum atomic E-state index is -5.45. The van der Waals surface area contributed by atoms with Crippen molar-refractivity contribution in [2.45, 2.75) is 10.4 Å². The predicted molar refractivity (Wildman–Crippen MR) is 100 cm³/mol. The molecule has 0 saturated carbocycles. The van der Waals surface area contributed by atoms with Gasteiger partial charge in [-0.15, -0.1) is 0 Å².